The van der Waals surface area contributed by atoms with E-state index in [1.165, 1.54) is 25.4 Å². The van der Waals surface area contributed by atoms with Crippen molar-refractivity contribution in [2.24, 2.45) is 0 Å². The number of alkyl halides is 2. The standard InChI is InChI=1S/C27H38F2N7O7P/c1-7-13-35(6)20-19-21(33-25(30)32-20)36(15-31-19)24-26(5,28)23(38)27(29,42-24)14-40-44(39,43-18-11-9-8-10-12-18)34-17(4)22(37)41-16(2)3/h8-12,15-17,23-24,38H,7,13-14H2,1-6H3,(H,34,39)(H2,30,32,33)/t17-,23-,24+,26+,27+,44?/m0/s1. The van der Waals surface area contributed by atoms with Crippen molar-refractivity contribution in [1.29, 1.82) is 0 Å². The topological polar surface area (TPSA) is 176 Å². The minimum Gasteiger partial charge on any atom is -0.462 e. The Kier molecular flexibility index (Phi) is 9.81. The van der Waals surface area contributed by atoms with E-state index in [1.807, 2.05) is 6.92 Å². The predicted molar refractivity (Wildman–Crippen MR) is 157 cm³/mol. The van der Waals surface area contributed by atoms with Gasteiger partial charge in [-0.15, -0.1) is 0 Å². The van der Waals surface area contributed by atoms with Crippen molar-refractivity contribution in [1.82, 2.24) is 24.6 Å². The van der Waals surface area contributed by atoms with Gasteiger partial charge in [0.1, 0.15) is 18.4 Å². The molecule has 0 spiro atoms. The van der Waals surface area contributed by atoms with Crippen molar-refractivity contribution in [3.8, 4) is 5.75 Å². The van der Waals surface area contributed by atoms with Gasteiger partial charge in [-0.25, -0.2) is 18.3 Å². The number of fused-ring (bicyclic) bond motifs is 1. The quantitative estimate of drug-likeness (QED) is 0.182. The van der Waals surface area contributed by atoms with Gasteiger partial charge in [0, 0.05) is 13.6 Å². The molecule has 0 amide bonds. The monoisotopic (exact) mass is 641 g/mol. The molecule has 0 bridgehead atoms. The van der Waals surface area contributed by atoms with Gasteiger partial charge in [-0.3, -0.25) is 13.9 Å². The highest BCUT2D eigenvalue weighted by molar-refractivity contribution is 7.52. The van der Waals surface area contributed by atoms with E-state index in [1.54, 1.807) is 44.0 Å². The Hall–Kier alpha value is -3.43. The summed E-state index contributed by atoms with van der Waals surface area (Å²) in [6.45, 7) is 6.86. The Morgan fingerprint density at radius 2 is 1.95 bits per heavy atom. The molecular weight excluding hydrogens is 603 g/mol. The maximum Gasteiger partial charge on any atom is 0.459 e. The zero-order chi connectivity index (χ0) is 32.4. The molecule has 4 rings (SSSR count). The van der Waals surface area contributed by atoms with E-state index in [4.69, 9.17) is 24.3 Å². The van der Waals surface area contributed by atoms with E-state index in [0.29, 0.717) is 12.4 Å². The van der Waals surface area contributed by atoms with Gasteiger partial charge in [-0.05, 0) is 46.2 Å². The molecule has 1 aliphatic heterocycles. The van der Waals surface area contributed by atoms with E-state index in [9.17, 15) is 14.5 Å². The largest absolute Gasteiger partial charge is 0.462 e. The SMILES string of the molecule is CCCN(C)c1nc(N)nc2c1ncn2[C@@H]1O[C@](F)(COP(=O)(N[C@@H](C)C(=O)OC(C)C)Oc2ccccc2)[C@@H](O)[C@@]1(C)F. The van der Waals surface area contributed by atoms with Gasteiger partial charge in [-0.2, -0.15) is 15.1 Å². The third-order valence-corrected chi connectivity index (χ3v) is 8.41. The van der Waals surface area contributed by atoms with Crippen LogP contribution in [0.25, 0.3) is 11.2 Å². The number of para-hydroxylation sites is 1. The van der Waals surface area contributed by atoms with Gasteiger partial charge in [0.05, 0.1) is 12.4 Å². The molecule has 1 saturated heterocycles. The average Bonchev–Trinajstić information content (AvgIpc) is 3.44. The number of anilines is 2. The number of carbonyl (C=O) groups is 1. The van der Waals surface area contributed by atoms with Crippen LogP contribution >= 0.6 is 7.75 Å². The number of nitrogen functional groups attached to an aromatic ring is 1. The molecule has 1 aromatic carbocycles. The van der Waals surface area contributed by atoms with Gasteiger partial charge in [0.25, 0.3) is 5.85 Å². The Morgan fingerprint density at radius 1 is 1.27 bits per heavy atom. The van der Waals surface area contributed by atoms with E-state index in [-0.39, 0.29) is 22.9 Å². The van der Waals surface area contributed by atoms with Gasteiger partial charge in [-0.1, -0.05) is 25.1 Å². The third kappa shape index (κ3) is 6.94. The lowest BCUT2D eigenvalue weighted by atomic mass is 9.97. The molecule has 2 aromatic heterocycles. The first kappa shape index (κ1) is 33.5. The van der Waals surface area contributed by atoms with Crippen LogP contribution in [0, 0.1) is 0 Å². The highest BCUT2D eigenvalue weighted by Gasteiger charge is 2.65. The number of hydrogen-bond donors (Lipinski definition) is 3. The first-order chi connectivity index (χ1) is 20.6. The zero-order valence-electron chi connectivity index (χ0n) is 25.3. The molecule has 0 radical (unpaired) electrons. The summed E-state index contributed by atoms with van der Waals surface area (Å²) in [4.78, 5) is 26.9. The summed E-state index contributed by atoms with van der Waals surface area (Å²) in [6, 6.07) is 6.55. The number of aliphatic hydroxyl groups excluding tert-OH is 1. The molecule has 0 saturated carbocycles. The molecule has 1 unspecified atom stereocenters. The predicted octanol–water partition coefficient (Wildman–Crippen LogP) is 3.67. The van der Waals surface area contributed by atoms with Gasteiger partial charge in [0.15, 0.2) is 35.0 Å². The van der Waals surface area contributed by atoms with Crippen LogP contribution in [-0.4, -0.2) is 80.6 Å². The molecule has 1 fully saturated rings. The van der Waals surface area contributed by atoms with Crippen LogP contribution in [0.2, 0.25) is 0 Å². The minimum atomic E-state index is -4.57. The normalized spacial score (nSPS) is 25.6. The summed E-state index contributed by atoms with van der Waals surface area (Å²) in [5.74, 6) is -3.72. The number of halogens is 2. The van der Waals surface area contributed by atoms with Crippen LogP contribution in [0.15, 0.2) is 36.7 Å². The Bertz CT molecular complexity index is 1510. The van der Waals surface area contributed by atoms with Crippen molar-refractivity contribution in [3.05, 3.63) is 36.7 Å². The van der Waals surface area contributed by atoms with Crippen molar-refractivity contribution >= 4 is 36.6 Å². The zero-order valence-corrected chi connectivity index (χ0v) is 26.2. The molecule has 44 heavy (non-hydrogen) atoms. The second-order valence-corrected chi connectivity index (χ2v) is 12.7. The summed E-state index contributed by atoms with van der Waals surface area (Å²) in [7, 11) is -2.80. The van der Waals surface area contributed by atoms with Gasteiger partial charge < -0.3 is 29.7 Å². The Morgan fingerprint density at radius 3 is 2.59 bits per heavy atom. The molecule has 17 heteroatoms. The van der Waals surface area contributed by atoms with Crippen molar-refractivity contribution < 1.29 is 41.8 Å². The van der Waals surface area contributed by atoms with Crippen molar-refractivity contribution in [2.75, 3.05) is 30.8 Å². The number of aliphatic hydroxyl groups is 1. The van der Waals surface area contributed by atoms with Crippen LogP contribution in [0.3, 0.4) is 0 Å². The van der Waals surface area contributed by atoms with E-state index in [0.717, 1.165) is 17.9 Å². The highest BCUT2D eigenvalue weighted by atomic mass is 31.2. The smallest absolute Gasteiger partial charge is 0.459 e. The number of nitrogens with one attached hydrogen (secondary N) is 1. The van der Waals surface area contributed by atoms with Crippen LogP contribution in [-0.2, 0) is 23.4 Å². The molecule has 242 valence electrons. The lowest BCUT2D eigenvalue weighted by Gasteiger charge is -2.28. The number of imidazole rings is 1. The molecule has 4 N–H and O–H groups in total. The number of nitrogens with two attached hydrogens (primary N) is 1. The highest BCUT2D eigenvalue weighted by Crippen LogP contribution is 2.52. The number of benzene rings is 1. The lowest BCUT2D eigenvalue weighted by molar-refractivity contribution is -0.202. The lowest BCUT2D eigenvalue weighted by Crippen LogP contribution is -2.47. The van der Waals surface area contributed by atoms with Crippen molar-refractivity contribution in [3.63, 3.8) is 0 Å². The summed E-state index contributed by atoms with van der Waals surface area (Å²) >= 11 is 0. The summed E-state index contributed by atoms with van der Waals surface area (Å²) in [5, 5.41) is 13.3. The van der Waals surface area contributed by atoms with Gasteiger partial charge >= 0.3 is 13.7 Å². The second-order valence-electron chi connectivity index (χ2n) is 11.0. The number of carbonyl (C=O) groups excluding carboxylic acids is 1. The average molecular weight is 642 g/mol. The molecular formula is C27H38F2N7O7P. The van der Waals surface area contributed by atoms with Crippen LogP contribution < -0.4 is 20.2 Å². The number of hydrogen-bond acceptors (Lipinski definition) is 12. The number of esters is 1. The fourth-order valence-electron chi connectivity index (χ4n) is 4.67. The first-order valence-electron chi connectivity index (χ1n) is 14.0. The maximum absolute atomic E-state index is 16.3. The fourth-order valence-corrected chi connectivity index (χ4v) is 6.17. The Balaban J connectivity index is 1.62. The minimum absolute atomic E-state index is 0.0407. The molecule has 3 heterocycles. The van der Waals surface area contributed by atoms with Crippen LogP contribution in [0.5, 0.6) is 5.75 Å². The van der Waals surface area contributed by atoms with Crippen LogP contribution in [0.4, 0.5) is 20.5 Å². The summed E-state index contributed by atoms with van der Waals surface area (Å²) in [5.41, 5.74) is 3.45. The van der Waals surface area contributed by atoms with E-state index in [2.05, 4.69) is 20.0 Å². The number of aromatic nitrogens is 4. The summed E-state index contributed by atoms with van der Waals surface area (Å²) < 4.78 is 68.9. The first-order valence-corrected chi connectivity index (χ1v) is 15.6. The molecule has 0 aliphatic carbocycles. The van der Waals surface area contributed by atoms with E-state index >= 15 is 8.78 Å². The third-order valence-electron chi connectivity index (χ3n) is 6.78. The van der Waals surface area contributed by atoms with Gasteiger partial charge in [0.2, 0.25) is 5.95 Å². The fraction of sp³-hybridized carbons (Fsp3) is 0.556. The maximum atomic E-state index is 16.3. The summed E-state index contributed by atoms with van der Waals surface area (Å²) in [6.07, 6.45) is -2.75. The van der Waals surface area contributed by atoms with E-state index < -0.39 is 56.3 Å². The number of ether oxygens (including phenoxy) is 2. The molecule has 1 aliphatic rings. The Labute approximate surface area is 253 Å². The van der Waals surface area contributed by atoms with Crippen molar-refractivity contribution in [2.45, 2.75) is 77.0 Å². The van der Waals surface area contributed by atoms with Crippen LogP contribution in [0.1, 0.15) is 47.3 Å². The molecule has 3 aromatic rings. The molecule has 6 atom stereocenters. The molecule has 14 nitrogen and oxygen atoms in total. The second kappa shape index (κ2) is 12.9. The number of rotatable bonds is 13. The number of nitrogens with zero attached hydrogens (tertiary/aromatic N) is 5.